The van der Waals surface area contributed by atoms with Gasteiger partial charge in [-0.3, -0.25) is 19.1 Å². The summed E-state index contributed by atoms with van der Waals surface area (Å²) in [5.41, 5.74) is 1.02. The second-order valence-corrected chi connectivity index (χ2v) is 10.8. The molecule has 11 nitrogen and oxygen atoms in total. The number of hydrogen-bond donors (Lipinski definition) is 1. The summed E-state index contributed by atoms with van der Waals surface area (Å²) in [7, 11) is 0. The summed E-state index contributed by atoms with van der Waals surface area (Å²) in [6, 6.07) is 9.77. The van der Waals surface area contributed by atoms with Crippen molar-refractivity contribution in [3.63, 3.8) is 0 Å². The number of Topliss-reactive ketones (excluding diaryl/α,β-unsaturated/α-hetero) is 2. The van der Waals surface area contributed by atoms with Crippen LogP contribution in [-0.4, -0.2) is 64.4 Å². The molecule has 38 heavy (non-hydrogen) atoms. The zero-order valence-electron chi connectivity index (χ0n) is 20.6. The number of nitrogens with one attached hydrogen (secondary N) is 1. The summed E-state index contributed by atoms with van der Waals surface area (Å²) in [4.78, 5) is 49.9. The Hall–Kier alpha value is -4.06. The normalized spacial score (nSPS) is 21.8. The second-order valence-electron chi connectivity index (χ2n) is 9.99. The molecule has 0 spiro atoms. The van der Waals surface area contributed by atoms with E-state index in [0.717, 1.165) is 6.42 Å². The van der Waals surface area contributed by atoms with E-state index in [9.17, 15) is 14.4 Å². The monoisotopic (exact) mass is 574 g/mol. The van der Waals surface area contributed by atoms with Crippen LogP contribution < -0.4 is 5.32 Å². The van der Waals surface area contributed by atoms with E-state index in [1.165, 1.54) is 11.6 Å². The molecule has 192 valence electrons. The van der Waals surface area contributed by atoms with Gasteiger partial charge < -0.3 is 10.2 Å². The van der Waals surface area contributed by atoms with Crippen molar-refractivity contribution in [2.45, 2.75) is 45.3 Å². The first kappa shape index (κ1) is 24.3. The van der Waals surface area contributed by atoms with E-state index in [1.54, 1.807) is 53.7 Å². The van der Waals surface area contributed by atoms with Crippen molar-refractivity contribution in [2.24, 2.45) is 5.41 Å². The maximum Gasteiger partial charge on any atom is 0.245 e. The molecule has 1 saturated carbocycles. The highest BCUT2D eigenvalue weighted by Crippen LogP contribution is 2.59. The van der Waals surface area contributed by atoms with Crippen LogP contribution in [0.15, 0.2) is 53.4 Å². The van der Waals surface area contributed by atoms with Crippen LogP contribution >= 0.6 is 15.9 Å². The first-order chi connectivity index (χ1) is 18.2. The van der Waals surface area contributed by atoms with Gasteiger partial charge in [0.1, 0.15) is 28.4 Å². The highest BCUT2D eigenvalue weighted by molar-refractivity contribution is 9.10. The van der Waals surface area contributed by atoms with Crippen molar-refractivity contribution < 1.29 is 14.4 Å². The second kappa shape index (κ2) is 9.05. The number of rotatable bonds is 7. The predicted octanol–water partition coefficient (Wildman–Crippen LogP) is 3.59. The lowest BCUT2D eigenvalue weighted by Crippen LogP contribution is -2.45. The maximum atomic E-state index is 13.7. The van der Waals surface area contributed by atoms with Gasteiger partial charge >= 0.3 is 0 Å². The van der Waals surface area contributed by atoms with Crippen LogP contribution in [0.4, 0.5) is 11.6 Å². The Morgan fingerprint density at radius 3 is 2.74 bits per heavy atom. The molecular weight excluding hydrogens is 552 g/mol. The predicted molar refractivity (Wildman–Crippen MR) is 141 cm³/mol. The number of anilines is 2. The van der Waals surface area contributed by atoms with Crippen LogP contribution in [-0.2, 0) is 11.3 Å². The van der Waals surface area contributed by atoms with Crippen molar-refractivity contribution in [2.75, 3.05) is 5.32 Å². The molecule has 0 aromatic carbocycles. The van der Waals surface area contributed by atoms with E-state index in [0.29, 0.717) is 39.3 Å². The quantitative estimate of drug-likeness (QED) is 0.259. The van der Waals surface area contributed by atoms with Crippen molar-refractivity contribution in [3.8, 4) is 0 Å². The molecule has 1 aliphatic carbocycles. The molecule has 4 aromatic rings. The summed E-state index contributed by atoms with van der Waals surface area (Å²) in [6.07, 6.45) is 4.58. The lowest BCUT2D eigenvalue weighted by atomic mass is 9.97. The number of amides is 1. The van der Waals surface area contributed by atoms with Gasteiger partial charge in [-0.05, 0) is 64.5 Å². The molecule has 0 bridgehead atoms. The molecule has 1 amide bonds. The van der Waals surface area contributed by atoms with Gasteiger partial charge in [-0.15, -0.1) is 5.10 Å². The van der Waals surface area contributed by atoms with Gasteiger partial charge in [-0.2, -0.15) is 10.2 Å². The number of pyridine rings is 2. The summed E-state index contributed by atoms with van der Waals surface area (Å²) in [6.45, 7) is 3.41. The number of aromatic nitrogens is 6. The molecule has 1 N–H and O–H groups in total. The Morgan fingerprint density at radius 2 is 2.00 bits per heavy atom. The zero-order chi connectivity index (χ0) is 26.6. The average Bonchev–Trinajstić information content (AvgIpc) is 3.27. The number of likely N-dealkylation sites (tertiary alicyclic amines) is 1. The number of halogens is 1. The molecule has 12 heteroatoms. The Labute approximate surface area is 225 Å². The van der Waals surface area contributed by atoms with Crippen LogP contribution in [0, 0.1) is 5.41 Å². The van der Waals surface area contributed by atoms with Crippen molar-refractivity contribution in [3.05, 3.63) is 64.8 Å². The fraction of sp³-hybridized carbons (Fsp3) is 0.308. The number of ketones is 2. The van der Waals surface area contributed by atoms with Gasteiger partial charge in [0.05, 0.1) is 17.8 Å². The van der Waals surface area contributed by atoms with Crippen LogP contribution in [0.3, 0.4) is 0 Å². The Kier molecular flexibility index (Phi) is 5.78. The minimum atomic E-state index is -0.594. The van der Waals surface area contributed by atoms with Crippen molar-refractivity contribution >= 4 is 55.9 Å². The molecule has 3 atom stereocenters. The van der Waals surface area contributed by atoms with Crippen LogP contribution in [0.5, 0.6) is 0 Å². The number of carbonyl (C=O) groups is 3. The molecule has 6 rings (SSSR count). The highest BCUT2D eigenvalue weighted by atomic mass is 79.9. The fourth-order valence-electron chi connectivity index (χ4n) is 5.31. The van der Waals surface area contributed by atoms with Crippen molar-refractivity contribution in [1.29, 1.82) is 0 Å². The molecular formula is C26H23BrN8O3. The van der Waals surface area contributed by atoms with E-state index < -0.39 is 6.04 Å². The summed E-state index contributed by atoms with van der Waals surface area (Å²) in [5, 5.41) is 15.9. The van der Waals surface area contributed by atoms with Crippen LogP contribution in [0.2, 0.25) is 0 Å². The number of hydrogen-bond acceptors (Lipinski definition) is 9. The topological polar surface area (TPSA) is 136 Å². The van der Waals surface area contributed by atoms with Gasteiger partial charge in [0.25, 0.3) is 0 Å². The lowest BCUT2D eigenvalue weighted by Gasteiger charge is -2.26. The number of nitrogens with zero attached hydrogens (tertiary/aromatic N) is 7. The van der Waals surface area contributed by atoms with E-state index in [1.807, 2.05) is 0 Å². The minimum absolute atomic E-state index is 0.00823. The summed E-state index contributed by atoms with van der Waals surface area (Å²) < 4.78 is 2.06. The molecule has 0 unspecified atom stereocenters. The van der Waals surface area contributed by atoms with Gasteiger partial charge in [0, 0.05) is 24.5 Å². The molecule has 1 saturated heterocycles. The largest absolute Gasteiger partial charge is 0.327 e. The van der Waals surface area contributed by atoms with Crippen LogP contribution in [0.25, 0.3) is 10.9 Å². The lowest BCUT2D eigenvalue weighted by molar-refractivity contribution is -0.133. The molecule has 0 radical (unpaired) electrons. The van der Waals surface area contributed by atoms with E-state index in [-0.39, 0.29) is 41.2 Å². The fourth-order valence-corrected chi connectivity index (χ4v) is 5.65. The first-order valence-corrected chi connectivity index (χ1v) is 12.9. The third-order valence-electron chi connectivity index (χ3n) is 7.28. The molecule has 2 fully saturated rings. The minimum Gasteiger partial charge on any atom is -0.327 e. The molecule has 4 aromatic heterocycles. The van der Waals surface area contributed by atoms with Gasteiger partial charge in [0.2, 0.25) is 11.7 Å². The third kappa shape index (κ3) is 4.24. The SMILES string of the molecule is CC(=O)c1nn(CC(=O)N2[C@H](C(=O)c3cccc(Br)n3)C[C@@]3(C)C[C@@H]23)c2cnc(Nc3cccnn3)cc12. The van der Waals surface area contributed by atoms with Gasteiger partial charge in [-0.1, -0.05) is 13.0 Å². The van der Waals surface area contributed by atoms with E-state index in [4.69, 9.17) is 0 Å². The van der Waals surface area contributed by atoms with Gasteiger partial charge in [-0.25, -0.2) is 9.97 Å². The number of piperidine rings is 1. The smallest absolute Gasteiger partial charge is 0.245 e. The summed E-state index contributed by atoms with van der Waals surface area (Å²) in [5.74, 6) is 0.327. The van der Waals surface area contributed by atoms with Crippen LogP contribution in [0.1, 0.15) is 47.7 Å². The van der Waals surface area contributed by atoms with Gasteiger partial charge in [0.15, 0.2) is 11.6 Å². The highest BCUT2D eigenvalue weighted by Gasteiger charge is 2.64. The van der Waals surface area contributed by atoms with Crippen molar-refractivity contribution in [1.82, 2.24) is 34.8 Å². The molecule has 5 heterocycles. The summed E-state index contributed by atoms with van der Waals surface area (Å²) >= 11 is 3.32. The van der Waals surface area contributed by atoms with E-state index >= 15 is 0 Å². The molecule has 1 aliphatic heterocycles. The Bertz CT molecular complexity index is 1610. The maximum absolute atomic E-state index is 13.7. The average molecular weight is 575 g/mol. The molecule has 2 aliphatic rings. The number of carbonyl (C=O) groups excluding carboxylic acids is 3. The van der Waals surface area contributed by atoms with E-state index in [2.05, 4.69) is 53.4 Å². The Morgan fingerprint density at radius 1 is 1.16 bits per heavy atom. The third-order valence-corrected chi connectivity index (χ3v) is 7.72. The standard InChI is InChI=1S/C26H23BrN8O3/c1-14(36)24-15-9-22(31-21-7-4-8-29-32-21)28-12-18(15)34(33-24)13-23(37)35-17(10-26(2)11-19(26)35)25(38)16-5-3-6-20(27)30-16/h3-9,12,17,19H,10-11,13H2,1-2H3,(H,28,31,32)/t17-,19+,26-/m0/s1. The number of fused-ring (bicyclic) bond motifs is 2. The Balaban J connectivity index is 1.30. The zero-order valence-corrected chi connectivity index (χ0v) is 22.2. The first-order valence-electron chi connectivity index (χ1n) is 12.1.